The molecule has 0 bridgehead atoms. The van der Waals surface area contributed by atoms with E-state index in [1.807, 2.05) is 0 Å². The van der Waals surface area contributed by atoms with Crippen molar-refractivity contribution in [1.82, 2.24) is 4.72 Å². The van der Waals surface area contributed by atoms with E-state index in [2.05, 4.69) is 20.7 Å². The molecule has 2 N–H and O–H groups in total. The second-order valence-electron chi connectivity index (χ2n) is 4.49. The average molecular weight is 354 g/mol. The SMILES string of the molecule is O=S(=O)(NCCCC1CC1)c1cc(CO)sc1Br. The number of hydrogen-bond donors (Lipinski definition) is 2. The van der Waals surface area contributed by atoms with Crippen LogP contribution < -0.4 is 4.72 Å². The van der Waals surface area contributed by atoms with E-state index in [-0.39, 0.29) is 11.5 Å². The van der Waals surface area contributed by atoms with Crippen LogP contribution in [-0.2, 0) is 16.6 Å². The van der Waals surface area contributed by atoms with E-state index in [1.165, 1.54) is 30.2 Å². The Morgan fingerprint density at radius 3 is 2.78 bits per heavy atom. The van der Waals surface area contributed by atoms with E-state index in [0.717, 1.165) is 18.8 Å². The van der Waals surface area contributed by atoms with Crippen LogP contribution in [0.25, 0.3) is 0 Å². The maximum atomic E-state index is 12.0. The molecule has 0 amide bonds. The molecule has 0 atom stereocenters. The van der Waals surface area contributed by atoms with Crippen molar-refractivity contribution in [2.45, 2.75) is 37.2 Å². The van der Waals surface area contributed by atoms with Crippen LogP contribution in [0.4, 0.5) is 0 Å². The van der Waals surface area contributed by atoms with Crippen molar-refractivity contribution in [2.75, 3.05) is 6.54 Å². The monoisotopic (exact) mass is 353 g/mol. The smallest absolute Gasteiger partial charge is 0.242 e. The average Bonchev–Trinajstić information content (AvgIpc) is 3.06. The van der Waals surface area contributed by atoms with Crippen LogP contribution in [0.2, 0.25) is 0 Å². The highest BCUT2D eigenvalue weighted by atomic mass is 79.9. The molecule has 4 nitrogen and oxygen atoms in total. The normalized spacial score (nSPS) is 16.1. The fourth-order valence-corrected chi connectivity index (χ4v) is 5.36. The molecule has 0 spiro atoms. The third-order valence-electron chi connectivity index (χ3n) is 2.93. The molecular formula is C11H16BrNO3S2. The van der Waals surface area contributed by atoms with Gasteiger partial charge in [0.25, 0.3) is 0 Å². The van der Waals surface area contributed by atoms with Gasteiger partial charge in [0, 0.05) is 11.4 Å². The standard InChI is InChI=1S/C11H16BrNO3S2/c12-11-10(6-9(7-14)17-11)18(15,16)13-5-1-2-8-3-4-8/h6,8,13-14H,1-5,7H2. The molecule has 1 aromatic heterocycles. The van der Waals surface area contributed by atoms with Crippen LogP contribution in [-0.4, -0.2) is 20.1 Å². The highest BCUT2D eigenvalue weighted by Crippen LogP contribution is 2.33. The molecule has 1 aromatic rings. The quantitative estimate of drug-likeness (QED) is 0.740. The van der Waals surface area contributed by atoms with Gasteiger partial charge in [-0.3, -0.25) is 0 Å². The predicted molar refractivity (Wildman–Crippen MR) is 75.1 cm³/mol. The molecule has 1 aliphatic carbocycles. The van der Waals surface area contributed by atoms with Crippen LogP contribution in [0.5, 0.6) is 0 Å². The molecule has 102 valence electrons. The number of hydrogen-bond acceptors (Lipinski definition) is 4. The Balaban J connectivity index is 1.93. The lowest BCUT2D eigenvalue weighted by molar-refractivity contribution is 0.285. The zero-order valence-corrected chi connectivity index (χ0v) is 13.1. The molecule has 0 radical (unpaired) electrons. The number of sulfonamides is 1. The minimum atomic E-state index is -3.46. The predicted octanol–water partition coefficient (Wildman–Crippen LogP) is 2.47. The molecular weight excluding hydrogens is 338 g/mol. The lowest BCUT2D eigenvalue weighted by Crippen LogP contribution is -2.24. The summed E-state index contributed by atoms with van der Waals surface area (Å²) >= 11 is 4.47. The topological polar surface area (TPSA) is 66.4 Å². The summed E-state index contributed by atoms with van der Waals surface area (Å²) in [5.74, 6) is 0.823. The zero-order valence-electron chi connectivity index (χ0n) is 9.86. The maximum Gasteiger partial charge on any atom is 0.242 e. The van der Waals surface area contributed by atoms with Crippen molar-refractivity contribution in [1.29, 1.82) is 0 Å². The number of halogens is 1. The second kappa shape index (κ2) is 6.00. The molecule has 1 aliphatic rings. The van der Waals surface area contributed by atoms with Gasteiger partial charge in [0.05, 0.1) is 10.4 Å². The molecule has 1 saturated carbocycles. The summed E-state index contributed by atoms with van der Waals surface area (Å²) in [5, 5.41) is 9.00. The van der Waals surface area contributed by atoms with Crippen LogP contribution in [0, 0.1) is 5.92 Å². The Morgan fingerprint density at radius 1 is 1.50 bits per heavy atom. The summed E-state index contributed by atoms with van der Waals surface area (Å²) in [4.78, 5) is 0.864. The van der Waals surface area contributed by atoms with E-state index in [1.54, 1.807) is 0 Å². The number of rotatable bonds is 7. The molecule has 18 heavy (non-hydrogen) atoms. The van der Waals surface area contributed by atoms with Crippen LogP contribution in [0.3, 0.4) is 0 Å². The first-order chi connectivity index (χ1) is 8.53. The van der Waals surface area contributed by atoms with Crippen molar-refractivity contribution >= 4 is 37.3 Å². The summed E-state index contributed by atoms with van der Waals surface area (Å²) in [7, 11) is -3.46. The first kappa shape index (κ1) is 14.5. The lowest BCUT2D eigenvalue weighted by Gasteiger charge is -2.05. The van der Waals surface area contributed by atoms with Crippen molar-refractivity contribution in [2.24, 2.45) is 5.92 Å². The van der Waals surface area contributed by atoms with Gasteiger partial charge in [0.15, 0.2) is 0 Å². The van der Waals surface area contributed by atoms with E-state index < -0.39 is 10.0 Å². The highest BCUT2D eigenvalue weighted by Gasteiger charge is 2.22. The third-order valence-corrected chi connectivity index (χ3v) is 6.63. The third kappa shape index (κ3) is 3.77. The van der Waals surface area contributed by atoms with Gasteiger partial charge in [-0.2, -0.15) is 0 Å². The molecule has 0 unspecified atom stereocenters. The highest BCUT2D eigenvalue weighted by molar-refractivity contribution is 9.11. The van der Waals surface area contributed by atoms with Gasteiger partial charge in [0.2, 0.25) is 10.0 Å². The zero-order chi connectivity index (χ0) is 13.2. The number of nitrogens with one attached hydrogen (secondary N) is 1. The van der Waals surface area contributed by atoms with Crippen LogP contribution in [0.1, 0.15) is 30.6 Å². The molecule has 2 rings (SSSR count). The molecule has 0 aromatic carbocycles. The Labute approximate surface area is 120 Å². The maximum absolute atomic E-state index is 12.0. The van der Waals surface area contributed by atoms with Gasteiger partial charge in [0.1, 0.15) is 4.90 Å². The number of aliphatic hydroxyl groups is 1. The molecule has 0 aliphatic heterocycles. The Morgan fingerprint density at radius 2 is 2.22 bits per heavy atom. The fraction of sp³-hybridized carbons (Fsp3) is 0.636. The van der Waals surface area contributed by atoms with Gasteiger partial charge in [-0.15, -0.1) is 11.3 Å². The molecule has 7 heteroatoms. The first-order valence-electron chi connectivity index (χ1n) is 5.91. The first-order valence-corrected chi connectivity index (χ1v) is 9.01. The second-order valence-corrected chi connectivity index (χ2v) is 8.68. The van der Waals surface area contributed by atoms with E-state index >= 15 is 0 Å². The van der Waals surface area contributed by atoms with Gasteiger partial charge in [-0.1, -0.05) is 12.8 Å². The van der Waals surface area contributed by atoms with Crippen molar-refractivity contribution < 1.29 is 13.5 Å². The summed E-state index contributed by atoms with van der Waals surface area (Å²) < 4.78 is 27.2. The fourth-order valence-electron chi connectivity index (χ4n) is 1.74. The van der Waals surface area contributed by atoms with Gasteiger partial charge < -0.3 is 5.11 Å². The molecule has 1 fully saturated rings. The number of thiophene rings is 1. The van der Waals surface area contributed by atoms with E-state index in [4.69, 9.17) is 5.11 Å². The van der Waals surface area contributed by atoms with Crippen LogP contribution >= 0.6 is 27.3 Å². The van der Waals surface area contributed by atoms with Crippen LogP contribution in [0.15, 0.2) is 14.7 Å². The Hall–Kier alpha value is 0.0500. The number of aliphatic hydroxyl groups excluding tert-OH is 1. The minimum absolute atomic E-state index is 0.138. The minimum Gasteiger partial charge on any atom is -0.391 e. The van der Waals surface area contributed by atoms with Gasteiger partial charge >= 0.3 is 0 Å². The van der Waals surface area contributed by atoms with E-state index in [9.17, 15) is 8.42 Å². The summed E-state index contributed by atoms with van der Waals surface area (Å²) in [5.41, 5.74) is 0. The Kier molecular flexibility index (Phi) is 4.82. The molecule has 1 heterocycles. The van der Waals surface area contributed by atoms with Crippen molar-refractivity contribution in [3.63, 3.8) is 0 Å². The Bertz CT molecular complexity index is 508. The van der Waals surface area contributed by atoms with E-state index in [0.29, 0.717) is 15.2 Å². The lowest BCUT2D eigenvalue weighted by atomic mass is 10.2. The van der Waals surface area contributed by atoms with Gasteiger partial charge in [-0.25, -0.2) is 13.1 Å². The van der Waals surface area contributed by atoms with Crippen molar-refractivity contribution in [3.05, 3.63) is 14.7 Å². The van der Waals surface area contributed by atoms with Gasteiger partial charge in [-0.05, 0) is 40.8 Å². The largest absolute Gasteiger partial charge is 0.391 e. The summed E-state index contributed by atoms with van der Waals surface area (Å²) in [6.07, 6.45) is 4.58. The summed E-state index contributed by atoms with van der Waals surface area (Å²) in [6, 6.07) is 1.51. The van der Waals surface area contributed by atoms with Crippen molar-refractivity contribution in [3.8, 4) is 0 Å². The molecule has 0 saturated heterocycles. The summed E-state index contributed by atoms with van der Waals surface area (Å²) in [6.45, 7) is 0.343.